The van der Waals surface area contributed by atoms with Crippen LogP contribution in [0, 0.1) is 0 Å². The standard InChI is InChI=1S/C56H36N6/c1-3-10-37(11-4-1)50-33-59-51(34-58-50)42-26-28-47-49(31-42)53-45-16-8-7-15-44(45)52(47)48-30-41(25-27-46(48)53)35-17-21-39(22-18-35)55-60-54(38-12-5-2-6-13-38)61-56(62-55)40-23-19-36(20-24-40)43-14-9-29-57-32-43/h1-34,52-53H. The van der Waals surface area contributed by atoms with Gasteiger partial charge in [0.1, 0.15) is 0 Å². The van der Waals surface area contributed by atoms with E-state index in [0.717, 1.165) is 55.9 Å². The van der Waals surface area contributed by atoms with Crippen molar-refractivity contribution in [2.75, 3.05) is 0 Å². The number of aromatic nitrogens is 6. The lowest BCUT2D eigenvalue weighted by atomic mass is 9.60. The van der Waals surface area contributed by atoms with Gasteiger partial charge in [-0.25, -0.2) is 15.0 Å². The Hall–Kier alpha value is -8.22. The number of benzene rings is 7. The highest BCUT2D eigenvalue weighted by Gasteiger charge is 2.41. The maximum atomic E-state index is 5.03. The number of nitrogens with zero attached hydrogens (tertiary/aromatic N) is 6. The summed E-state index contributed by atoms with van der Waals surface area (Å²) < 4.78 is 0. The second kappa shape index (κ2) is 14.8. The molecular weight excluding hydrogens is 757 g/mol. The molecule has 3 heterocycles. The number of rotatable bonds is 7. The molecule has 13 rings (SSSR count). The molecule has 6 heteroatoms. The van der Waals surface area contributed by atoms with Gasteiger partial charge in [-0.05, 0) is 73.8 Å². The predicted octanol–water partition coefficient (Wildman–Crippen LogP) is 12.7. The average Bonchev–Trinajstić information content (AvgIpc) is 3.36. The Morgan fingerprint density at radius 3 is 1.21 bits per heavy atom. The van der Waals surface area contributed by atoms with Crippen LogP contribution in [0.3, 0.4) is 0 Å². The van der Waals surface area contributed by atoms with Gasteiger partial charge in [0.15, 0.2) is 17.5 Å². The molecule has 0 radical (unpaired) electrons. The molecule has 2 unspecified atom stereocenters. The molecule has 0 saturated heterocycles. The molecule has 0 aliphatic heterocycles. The van der Waals surface area contributed by atoms with E-state index in [4.69, 9.17) is 24.9 Å². The minimum absolute atomic E-state index is 0.137. The zero-order valence-corrected chi connectivity index (χ0v) is 33.5. The van der Waals surface area contributed by atoms with E-state index in [9.17, 15) is 0 Å². The molecule has 10 aromatic rings. The predicted molar refractivity (Wildman–Crippen MR) is 246 cm³/mol. The van der Waals surface area contributed by atoms with Crippen molar-refractivity contribution in [3.05, 3.63) is 240 Å². The number of pyridine rings is 1. The van der Waals surface area contributed by atoms with Gasteiger partial charge < -0.3 is 0 Å². The van der Waals surface area contributed by atoms with Crippen LogP contribution < -0.4 is 0 Å². The van der Waals surface area contributed by atoms with Crippen LogP contribution in [-0.4, -0.2) is 29.9 Å². The number of hydrogen-bond donors (Lipinski definition) is 0. The Morgan fingerprint density at radius 1 is 0.274 bits per heavy atom. The van der Waals surface area contributed by atoms with Crippen LogP contribution in [0.1, 0.15) is 45.2 Å². The van der Waals surface area contributed by atoms with Crippen molar-refractivity contribution in [2.45, 2.75) is 11.8 Å². The third kappa shape index (κ3) is 6.20. The third-order valence-corrected chi connectivity index (χ3v) is 12.3. The monoisotopic (exact) mass is 792 g/mol. The SMILES string of the molecule is c1ccc(-c2cnc(-c3ccc4c(c3)C3c5ccccc5C4c4cc(-c5ccc(-c6nc(-c7ccccc7)nc(-c7ccc(-c8cccnc8)cc7)n6)cc5)ccc43)cn2)cc1. The zero-order valence-electron chi connectivity index (χ0n) is 33.5. The molecular formula is C56H36N6. The van der Waals surface area contributed by atoms with Crippen molar-refractivity contribution in [1.29, 1.82) is 0 Å². The first-order chi connectivity index (χ1) is 30.7. The van der Waals surface area contributed by atoms with Gasteiger partial charge in [0.05, 0.1) is 23.8 Å². The van der Waals surface area contributed by atoms with Gasteiger partial charge in [-0.1, -0.05) is 164 Å². The summed E-state index contributed by atoms with van der Waals surface area (Å²) in [6, 6.07) is 64.1. The normalized spacial score (nSPS) is 14.5. The molecule has 6 nitrogen and oxygen atoms in total. The average molecular weight is 793 g/mol. The first kappa shape index (κ1) is 35.7. The zero-order chi connectivity index (χ0) is 41.0. The lowest BCUT2D eigenvalue weighted by Crippen LogP contribution is -2.27. The smallest absolute Gasteiger partial charge is 0.164 e. The van der Waals surface area contributed by atoms with Crippen molar-refractivity contribution in [3.8, 4) is 78.9 Å². The Morgan fingerprint density at radius 2 is 0.677 bits per heavy atom. The molecule has 0 spiro atoms. The third-order valence-electron chi connectivity index (χ3n) is 12.3. The quantitative estimate of drug-likeness (QED) is 0.160. The molecule has 0 N–H and O–H groups in total. The molecule has 7 aromatic carbocycles. The van der Waals surface area contributed by atoms with E-state index < -0.39 is 0 Å². The number of hydrogen-bond acceptors (Lipinski definition) is 6. The van der Waals surface area contributed by atoms with E-state index in [0.29, 0.717) is 17.5 Å². The maximum absolute atomic E-state index is 5.03. The van der Waals surface area contributed by atoms with Crippen molar-refractivity contribution >= 4 is 0 Å². The summed E-state index contributed by atoms with van der Waals surface area (Å²) >= 11 is 0. The molecule has 2 bridgehead atoms. The van der Waals surface area contributed by atoms with Gasteiger partial charge in [0.25, 0.3) is 0 Å². The van der Waals surface area contributed by atoms with Crippen molar-refractivity contribution in [2.24, 2.45) is 0 Å². The van der Waals surface area contributed by atoms with Gasteiger partial charge in [0.2, 0.25) is 0 Å². The second-order valence-corrected chi connectivity index (χ2v) is 15.9. The van der Waals surface area contributed by atoms with E-state index in [-0.39, 0.29) is 11.8 Å². The van der Waals surface area contributed by atoms with Crippen LogP contribution in [0.5, 0.6) is 0 Å². The van der Waals surface area contributed by atoms with Crippen LogP contribution in [-0.2, 0) is 0 Å². The highest BCUT2D eigenvalue weighted by Crippen LogP contribution is 2.56. The van der Waals surface area contributed by atoms with E-state index in [1.54, 1.807) is 6.20 Å². The van der Waals surface area contributed by atoms with Crippen LogP contribution in [0.15, 0.2) is 207 Å². The minimum atomic E-state index is 0.137. The first-order valence-corrected chi connectivity index (χ1v) is 20.9. The molecule has 0 saturated carbocycles. The highest BCUT2D eigenvalue weighted by atomic mass is 15.0. The Balaban J connectivity index is 0.874. The lowest BCUT2D eigenvalue weighted by molar-refractivity contribution is 0.755. The summed E-state index contributed by atoms with van der Waals surface area (Å²) in [5.41, 5.74) is 19.4. The largest absolute Gasteiger partial charge is 0.264 e. The lowest BCUT2D eigenvalue weighted by Gasteiger charge is -2.42. The molecule has 3 aliphatic carbocycles. The van der Waals surface area contributed by atoms with Crippen LogP contribution in [0.2, 0.25) is 0 Å². The second-order valence-electron chi connectivity index (χ2n) is 15.9. The summed E-state index contributed by atoms with van der Waals surface area (Å²) in [5, 5.41) is 0. The first-order valence-electron chi connectivity index (χ1n) is 20.9. The van der Waals surface area contributed by atoms with Crippen LogP contribution in [0.4, 0.5) is 0 Å². The highest BCUT2D eigenvalue weighted by molar-refractivity contribution is 5.77. The molecule has 290 valence electrons. The summed E-state index contributed by atoms with van der Waals surface area (Å²) in [4.78, 5) is 28.9. The van der Waals surface area contributed by atoms with Crippen LogP contribution >= 0.6 is 0 Å². The van der Waals surface area contributed by atoms with Gasteiger partial charge in [-0.2, -0.15) is 0 Å². The van der Waals surface area contributed by atoms with Crippen molar-refractivity contribution < 1.29 is 0 Å². The van der Waals surface area contributed by atoms with Crippen molar-refractivity contribution in [1.82, 2.24) is 29.9 Å². The molecule has 62 heavy (non-hydrogen) atoms. The maximum Gasteiger partial charge on any atom is 0.164 e. The van der Waals surface area contributed by atoms with E-state index in [1.807, 2.05) is 73.2 Å². The van der Waals surface area contributed by atoms with E-state index in [1.165, 1.54) is 38.9 Å². The van der Waals surface area contributed by atoms with Gasteiger partial charge >= 0.3 is 0 Å². The molecule has 0 fully saturated rings. The fraction of sp³-hybridized carbons (Fsp3) is 0.0357. The fourth-order valence-electron chi connectivity index (χ4n) is 9.30. The molecule has 3 aromatic heterocycles. The minimum Gasteiger partial charge on any atom is -0.264 e. The summed E-state index contributed by atoms with van der Waals surface area (Å²) in [5.74, 6) is 2.17. The summed E-state index contributed by atoms with van der Waals surface area (Å²) in [7, 11) is 0. The van der Waals surface area contributed by atoms with Crippen LogP contribution in [0.25, 0.3) is 78.9 Å². The molecule has 0 amide bonds. The Kier molecular flexibility index (Phi) is 8.52. The fourth-order valence-corrected chi connectivity index (χ4v) is 9.30. The molecule has 2 atom stereocenters. The van der Waals surface area contributed by atoms with Gasteiger partial charge in [-0.15, -0.1) is 0 Å². The molecule has 3 aliphatic rings. The summed E-state index contributed by atoms with van der Waals surface area (Å²) in [6.07, 6.45) is 7.44. The van der Waals surface area contributed by atoms with E-state index in [2.05, 4.69) is 132 Å². The summed E-state index contributed by atoms with van der Waals surface area (Å²) in [6.45, 7) is 0. The van der Waals surface area contributed by atoms with E-state index >= 15 is 0 Å². The van der Waals surface area contributed by atoms with Gasteiger partial charge in [-0.3, -0.25) is 15.0 Å². The van der Waals surface area contributed by atoms with Crippen molar-refractivity contribution in [3.63, 3.8) is 0 Å². The van der Waals surface area contributed by atoms with Gasteiger partial charge in [0, 0.05) is 52.0 Å². The topological polar surface area (TPSA) is 77.3 Å². The Labute approximate surface area is 359 Å². The Bertz CT molecular complexity index is 3260.